The van der Waals surface area contributed by atoms with E-state index in [0.717, 1.165) is 12.3 Å². The lowest BCUT2D eigenvalue weighted by atomic mass is 10.2. The van der Waals surface area contributed by atoms with Gasteiger partial charge in [0.2, 0.25) is 5.15 Å². The van der Waals surface area contributed by atoms with E-state index in [1.54, 1.807) is 0 Å². The van der Waals surface area contributed by atoms with E-state index in [2.05, 4.69) is 4.98 Å². The number of amides is 1. The van der Waals surface area contributed by atoms with Crippen LogP contribution in [0.5, 0.6) is 0 Å². The number of aromatic nitrogens is 1. The summed E-state index contributed by atoms with van der Waals surface area (Å²) in [6, 6.07) is 1.01. The van der Waals surface area contributed by atoms with Crippen LogP contribution in [0.2, 0.25) is 5.15 Å². The number of halogens is 4. The molecule has 0 atom stereocenters. The predicted molar refractivity (Wildman–Crippen MR) is 58.9 cm³/mol. The zero-order valence-electron chi connectivity index (χ0n) is 9.20. The Morgan fingerprint density at radius 3 is 2.68 bits per heavy atom. The van der Waals surface area contributed by atoms with E-state index in [1.807, 2.05) is 5.32 Å². The molecule has 0 aromatic carbocycles. The molecule has 1 heterocycles. The smallest absolute Gasteiger partial charge is 0.351 e. The first-order valence-corrected chi connectivity index (χ1v) is 5.24. The van der Waals surface area contributed by atoms with Gasteiger partial charge in [-0.05, 0) is 6.07 Å². The summed E-state index contributed by atoms with van der Waals surface area (Å²) in [6.07, 6.45) is -4.60. The zero-order chi connectivity index (χ0) is 14.6. The maximum Gasteiger partial charge on any atom is 0.390 e. The molecule has 1 amide bonds. The Morgan fingerprint density at radius 2 is 2.16 bits per heavy atom. The third-order valence-corrected chi connectivity index (χ3v) is 2.28. The highest BCUT2D eigenvalue weighted by atomic mass is 35.5. The molecule has 19 heavy (non-hydrogen) atoms. The van der Waals surface area contributed by atoms with E-state index >= 15 is 0 Å². The second-order valence-corrected chi connectivity index (χ2v) is 3.73. The molecule has 1 rings (SSSR count). The summed E-state index contributed by atoms with van der Waals surface area (Å²) in [5, 5.41) is 12.1. The number of nitrogens with one attached hydrogen (secondary N) is 1. The van der Waals surface area contributed by atoms with Crippen LogP contribution in [0.25, 0.3) is 0 Å². The lowest BCUT2D eigenvalue weighted by molar-refractivity contribution is -0.385. The highest BCUT2D eigenvalue weighted by molar-refractivity contribution is 6.32. The normalized spacial score (nSPS) is 11.2. The molecule has 1 N–H and O–H groups in total. The summed E-state index contributed by atoms with van der Waals surface area (Å²) < 4.78 is 35.7. The molecule has 104 valence electrons. The molecule has 1 aromatic rings. The topological polar surface area (TPSA) is 85.1 Å². The van der Waals surface area contributed by atoms with Gasteiger partial charge >= 0.3 is 11.9 Å². The summed E-state index contributed by atoms with van der Waals surface area (Å²) >= 11 is 5.46. The Labute approximate surface area is 109 Å². The standard InChI is InChI=1S/C9H7ClF3N3O3/c10-7-6(16(18)19)5(1-3-14-7)8(17)15-4-2-9(11,12)13/h1,3H,2,4H2,(H,15,17). The molecule has 6 nitrogen and oxygen atoms in total. The van der Waals surface area contributed by atoms with Crippen molar-refractivity contribution in [3.8, 4) is 0 Å². The van der Waals surface area contributed by atoms with Gasteiger partial charge in [-0.25, -0.2) is 4.98 Å². The fraction of sp³-hybridized carbons (Fsp3) is 0.333. The van der Waals surface area contributed by atoms with Crippen LogP contribution in [0.4, 0.5) is 18.9 Å². The molecular formula is C9H7ClF3N3O3. The van der Waals surface area contributed by atoms with E-state index in [1.165, 1.54) is 0 Å². The monoisotopic (exact) mass is 297 g/mol. The first-order valence-electron chi connectivity index (χ1n) is 4.86. The quantitative estimate of drug-likeness (QED) is 0.525. The zero-order valence-corrected chi connectivity index (χ0v) is 9.96. The molecule has 0 saturated carbocycles. The third kappa shape index (κ3) is 4.36. The molecule has 0 bridgehead atoms. The summed E-state index contributed by atoms with van der Waals surface area (Å²) in [7, 11) is 0. The van der Waals surface area contributed by atoms with Gasteiger partial charge in [0.25, 0.3) is 5.91 Å². The van der Waals surface area contributed by atoms with Gasteiger partial charge < -0.3 is 5.32 Å². The predicted octanol–water partition coefficient (Wildman–Crippen LogP) is 2.33. The number of alkyl halides is 3. The van der Waals surface area contributed by atoms with E-state index in [0.29, 0.717) is 0 Å². The van der Waals surface area contributed by atoms with E-state index in [9.17, 15) is 28.1 Å². The number of hydrogen-bond acceptors (Lipinski definition) is 4. The van der Waals surface area contributed by atoms with Gasteiger partial charge in [-0.3, -0.25) is 14.9 Å². The molecule has 0 unspecified atom stereocenters. The van der Waals surface area contributed by atoms with Crippen molar-refractivity contribution in [3.05, 3.63) is 33.1 Å². The van der Waals surface area contributed by atoms with Crippen LogP contribution in [-0.2, 0) is 0 Å². The molecule has 0 aliphatic rings. The molecular weight excluding hydrogens is 291 g/mol. The molecule has 0 saturated heterocycles. The van der Waals surface area contributed by atoms with Crippen LogP contribution in [0.1, 0.15) is 16.8 Å². The maximum absolute atomic E-state index is 11.9. The second-order valence-electron chi connectivity index (χ2n) is 3.38. The van der Waals surface area contributed by atoms with E-state index in [-0.39, 0.29) is 0 Å². The Morgan fingerprint density at radius 1 is 1.53 bits per heavy atom. The number of rotatable bonds is 4. The van der Waals surface area contributed by atoms with Crippen molar-refractivity contribution in [1.82, 2.24) is 10.3 Å². The van der Waals surface area contributed by atoms with Crippen molar-refractivity contribution in [2.45, 2.75) is 12.6 Å². The molecule has 0 aliphatic heterocycles. The summed E-state index contributed by atoms with van der Waals surface area (Å²) in [5.74, 6) is -1.01. The van der Waals surface area contributed by atoms with Crippen LogP contribution in [0.15, 0.2) is 12.3 Å². The van der Waals surface area contributed by atoms with Crippen LogP contribution in [0, 0.1) is 10.1 Å². The second kappa shape index (κ2) is 5.83. The maximum atomic E-state index is 11.9. The van der Waals surface area contributed by atoms with E-state index < -0.39 is 46.4 Å². The Bertz CT molecular complexity index is 507. The van der Waals surface area contributed by atoms with Crippen LogP contribution >= 0.6 is 11.6 Å². The van der Waals surface area contributed by atoms with Gasteiger partial charge in [0.05, 0.1) is 11.3 Å². The highest BCUT2D eigenvalue weighted by Gasteiger charge is 2.28. The number of hydrogen-bond donors (Lipinski definition) is 1. The number of pyridine rings is 1. The molecule has 0 radical (unpaired) electrons. The highest BCUT2D eigenvalue weighted by Crippen LogP contribution is 2.26. The largest absolute Gasteiger partial charge is 0.390 e. The third-order valence-electron chi connectivity index (χ3n) is 2.00. The number of nitrogens with zero attached hydrogens (tertiary/aromatic N) is 2. The molecule has 0 spiro atoms. The van der Waals surface area contributed by atoms with Crippen molar-refractivity contribution in [2.24, 2.45) is 0 Å². The first kappa shape index (κ1) is 15.2. The van der Waals surface area contributed by atoms with Crippen molar-refractivity contribution >= 4 is 23.2 Å². The molecule has 0 fully saturated rings. The first-order chi connectivity index (χ1) is 8.72. The van der Waals surface area contributed by atoms with Crippen molar-refractivity contribution in [2.75, 3.05) is 6.54 Å². The van der Waals surface area contributed by atoms with Gasteiger partial charge in [0.1, 0.15) is 5.56 Å². The van der Waals surface area contributed by atoms with Crippen LogP contribution in [0.3, 0.4) is 0 Å². The Kier molecular flexibility index (Phi) is 4.65. The van der Waals surface area contributed by atoms with Gasteiger partial charge in [0.15, 0.2) is 0 Å². The molecule has 0 aliphatic carbocycles. The fourth-order valence-electron chi connectivity index (χ4n) is 1.20. The average molecular weight is 298 g/mol. The summed E-state index contributed by atoms with van der Waals surface area (Å²) in [6.45, 7) is -0.681. The van der Waals surface area contributed by atoms with Crippen molar-refractivity contribution in [1.29, 1.82) is 0 Å². The minimum atomic E-state index is -4.42. The van der Waals surface area contributed by atoms with Crippen LogP contribution in [-0.4, -0.2) is 28.5 Å². The Hall–Kier alpha value is -1.90. The van der Waals surface area contributed by atoms with E-state index in [4.69, 9.17) is 11.6 Å². The lowest BCUT2D eigenvalue weighted by Gasteiger charge is -2.08. The SMILES string of the molecule is O=C(NCCC(F)(F)F)c1ccnc(Cl)c1[N+](=O)[O-]. The van der Waals surface area contributed by atoms with Gasteiger partial charge in [-0.15, -0.1) is 0 Å². The number of carbonyl (C=O) groups is 1. The fourth-order valence-corrected chi connectivity index (χ4v) is 1.43. The number of nitro groups is 1. The van der Waals surface area contributed by atoms with Crippen LogP contribution < -0.4 is 5.32 Å². The van der Waals surface area contributed by atoms with Crippen molar-refractivity contribution < 1.29 is 22.9 Å². The van der Waals surface area contributed by atoms with Gasteiger partial charge in [-0.2, -0.15) is 13.2 Å². The summed E-state index contributed by atoms with van der Waals surface area (Å²) in [5.41, 5.74) is -1.18. The summed E-state index contributed by atoms with van der Waals surface area (Å²) in [4.78, 5) is 24.7. The van der Waals surface area contributed by atoms with Gasteiger partial charge in [-0.1, -0.05) is 11.6 Å². The molecule has 10 heteroatoms. The average Bonchev–Trinajstić information content (AvgIpc) is 2.26. The van der Waals surface area contributed by atoms with Crippen molar-refractivity contribution in [3.63, 3.8) is 0 Å². The minimum Gasteiger partial charge on any atom is -0.351 e. The molecule has 1 aromatic heterocycles. The lowest BCUT2D eigenvalue weighted by Crippen LogP contribution is -2.28. The minimum absolute atomic E-state index is 0.438. The van der Waals surface area contributed by atoms with Gasteiger partial charge in [0, 0.05) is 12.7 Å². The Balaban J connectivity index is 2.83. The number of carbonyl (C=O) groups excluding carboxylic acids is 1.